The molecule has 0 fully saturated rings. The maximum atomic E-state index is 12.9. The molecule has 0 aliphatic rings. The fourth-order valence-corrected chi connectivity index (χ4v) is 5.23. The van der Waals surface area contributed by atoms with Crippen LogP contribution in [-0.2, 0) is 4.74 Å². The van der Waals surface area contributed by atoms with Crippen LogP contribution in [0.15, 0.2) is 29.6 Å². The molecule has 152 valence electrons. The summed E-state index contributed by atoms with van der Waals surface area (Å²) in [5, 5.41) is 5.79. The lowest BCUT2D eigenvalue weighted by Gasteiger charge is -2.17. The summed E-state index contributed by atoms with van der Waals surface area (Å²) < 4.78 is 5.91. The van der Waals surface area contributed by atoms with Crippen LogP contribution in [0.5, 0.6) is 0 Å². The van der Waals surface area contributed by atoms with Gasteiger partial charge in [0.05, 0.1) is 23.1 Å². The van der Waals surface area contributed by atoms with E-state index in [9.17, 15) is 14.4 Å². The Balaban J connectivity index is 2.01. The van der Waals surface area contributed by atoms with Gasteiger partial charge < -0.3 is 15.0 Å². The van der Waals surface area contributed by atoms with Crippen LogP contribution >= 0.6 is 22.7 Å². The molecule has 0 spiro atoms. The number of benzene rings is 1. The minimum absolute atomic E-state index is 0.163. The van der Waals surface area contributed by atoms with Gasteiger partial charge in [-0.25, -0.2) is 4.79 Å². The number of anilines is 1. The summed E-state index contributed by atoms with van der Waals surface area (Å²) in [6.07, 6.45) is 0. The first-order valence-electron chi connectivity index (χ1n) is 9.21. The SMILES string of the molecule is CCN(CC)C(=O)c1sc(NC(=O)c2csc3ccccc23)c(C(=O)OC)c1C. The molecular weight excluding hydrogens is 408 g/mol. The van der Waals surface area contributed by atoms with Crippen molar-refractivity contribution in [1.82, 2.24) is 4.90 Å². The first-order valence-corrected chi connectivity index (χ1v) is 10.9. The van der Waals surface area contributed by atoms with Crippen LogP contribution in [0.2, 0.25) is 0 Å². The molecule has 3 rings (SSSR count). The van der Waals surface area contributed by atoms with E-state index in [0.717, 1.165) is 21.4 Å². The summed E-state index contributed by atoms with van der Waals surface area (Å²) in [7, 11) is 1.28. The number of methoxy groups -OCH3 is 1. The molecule has 0 saturated carbocycles. The minimum Gasteiger partial charge on any atom is -0.465 e. The van der Waals surface area contributed by atoms with Crippen molar-refractivity contribution >= 4 is 55.5 Å². The number of amides is 2. The van der Waals surface area contributed by atoms with Crippen molar-refractivity contribution in [2.24, 2.45) is 0 Å². The lowest BCUT2D eigenvalue weighted by Crippen LogP contribution is -2.30. The second-order valence-electron chi connectivity index (χ2n) is 6.33. The Morgan fingerprint density at radius 2 is 1.83 bits per heavy atom. The van der Waals surface area contributed by atoms with E-state index >= 15 is 0 Å². The molecule has 2 amide bonds. The maximum Gasteiger partial charge on any atom is 0.341 e. The molecule has 0 bridgehead atoms. The van der Waals surface area contributed by atoms with Gasteiger partial charge in [-0.05, 0) is 32.4 Å². The van der Waals surface area contributed by atoms with E-state index in [4.69, 9.17) is 4.74 Å². The number of nitrogens with zero attached hydrogens (tertiary/aromatic N) is 1. The van der Waals surface area contributed by atoms with Crippen LogP contribution in [0, 0.1) is 6.92 Å². The number of fused-ring (bicyclic) bond motifs is 1. The van der Waals surface area contributed by atoms with Gasteiger partial charge in [0.1, 0.15) is 5.00 Å². The predicted octanol–water partition coefficient (Wildman–Crippen LogP) is 4.79. The number of hydrogen-bond acceptors (Lipinski definition) is 6. The first-order chi connectivity index (χ1) is 13.9. The van der Waals surface area contributed by atoms with E-state index in [2.05, 4.69) is 5.32 Å². The van der Waals surface area contributed by atoms with Crippen molar-refractivity contribution in [3.05, 3.63) is 51.2 Å². The molecule has 0 saturated heterocycles. The highest BCUT2D eigenvalue weighted by Crippen LogP contribution is 2.35. The van der Waals surface area contributed by atoms with Gasteiger partial charge in [0.2, 0.25) is 0 Å². The molecule has 6 nitrogen and oxygen atoms in total. The lowest BCUT2D eigenvalue weighted by atomic mass is 10.1. The number of thiophene rings is 2. The standard InChI is InChI=1S/C21H22N2O4S2/c1-5-23(6-2)20(25)17-12(3)16(21(26)27-4)19(29-17)22-18(24)14-11-28-15-10-8-7-9-13(14)15/h7-11H,5-6H2,1-4H3,(H,22,24). The zero-order chi connectivity index (χ0) is 21.1. The molecular formula is C21H22N2O4S2. The van der Waals surface area contributed by atoms with E-state index in [1.807, 2.05) is 38.1 Å². The summed E-state index contributed by atoms with van der Waals surface area (Å²) in [4.78, 5) is 40.3. The van der Waals surface area contributed by atoms with Crippen LogP contribution in [0.4, 0.5) is 5.00 Å². The summed E-state index contributed by atoms with van der Waals surface area (Å²) in [5.41, 5.74) is 1.27. The molecule has 0 aliphatic carbocycles. The molecule has 0 radical (unpaired) electrons. The number of ether oxygens (including phenoxy) is 1. The van der Waals surface area contributed by atoms with Crippen molar-refractivity contribution in [3.63, 3.8) is 0 Å². The maximum absolute atomic E-state index is 12.9. The Morgan fingerprint density at radius 3 is 2.48 bits per heavy atom. The summed E-state index contributed by atoms with van der Waals surface area (Å²) in [6, 6.07) is 7.63. The Labute approximate surface area is 177 Å². The molecule has 2 heterocycles. The minimum atomic E-state index is -0.581. The molecule has 0 unspecified atom stereocenters. The average molecular weight is 431 g/mol. The molecule has 1 aromatic carbocycles. The fourth-order valence-electron chi connectivity index (χ4n) is 3.13. The van der Waals surface area contributed by atoms with Gasteiger partial charge in [-0.1, -0.05) is 18.2 Å². The van der Waals surface area contributed by atoms with Gasteiger partial charge in [0.15, 0.2) is 0 Å². The van der Waals surface area contributed by atoms with Crippen LogP contribution in [-0.4, -0.2) is 42.9 Å². The summed E-state index contributed by atoms with van der Waals surface area (Å²) >= 11 is 2.59. The third-order valence-electron chi connectivity index (χ3n) is 4.73. The van der Waals surface area contributed by atoms with Crippen LogP contribution in [0.1, 0.15) is 49.8 Å². The van der Waals surface area contributed by atoms with Crippen molar-refractivity contribution in [2.45, 2.75) is 20.8 Å². The van der Waals surface area contributed by atoms with E-state index < -0.39 is 5.97 Å². The van der Waals surface area contributed by atoms with E-state index in [-0.39, 0.29) is 17.4 Å². The normalized spacial score (nSPS) is 10.8. The molecule has 8 heteroatoms. The van der Waals surface area contributed by atoms with Crippen molar-refractivity contribution < 1.29 is 19.1 Å². The third-order valence-corrected chi connectivity index (χ3v) is 6.89. The van der Waals surface area contributed by atoms with E-state index in [0.29, 0.717) is 34.1 Å². The zero-order valence-corrected chi connectivity index (χ0v) is 18.3. The zero-order valence-electron chi connectivity index (χ0n) is 16.7. The topological polar surface area (TPSA) is 75.7 Å². The molecule has 2 aromatic heterocycles. The number of carbonyl (C=O) groups is 3. The van der Waals surface area contributed by atoms with Gasteiger partial charge in [0, 0.05) is 28.6 Å². The van der Waals surface area contributed by atoms with Gasteiger partial charge >= 0.3 is 5.97 Å². The number of hydrogen-bond donors (Lipinski definition) is 1. The fraction of sp³-hybridized carbons (Fsp3) is 0.286. The number of esters is 1. The van der Waals surface area contributed by atoms with E-state index in [1.165, 1.54) is 18.4 Å². The highest BCUT2D eigenvalue weighted by atomic mass is 32.1. The molecule has 0 aliphatic heterocycles. The lowest BCUT2D eigenvalue weighted by molar-refractivity contribution is 0.0601. The van der Waals surface area contributed by atoms with Gasteiger partial charge in [0.25, 0.3) is 11.8 Å². The van der Waals surface area contributed by atoms with Crippen molar-refractivity contribution in [1.29, 1.82) is 0 Å². The number of nitrogens with one attached hydrogen (secondary N) is 1. The third kappa shape index (κ3) is 3.90. The second kappa shape index (κ2) is 8.75. The highest BCUT2D eigenvalue weighted by molar-refractivity contribution is 7.19. The second-order valence-corrected chi connectivity index (χ2v) is 8.26. The average Bonchev–Trinajstić information content (AvgIpc) is 3.29. The van der Waals surface area contributed by atoms with Gasteiger partial charge in [-0.2, -0.15) is 0 Å². The van der Waals surface area contributed by atoms with E-state index in [1.54, 1.807) is 17.2 Å². The molecule has 29 heavy (non-hydrogen) atoms. The van der Waals surface area contributed by atoms with Gasteiger partial charge in [-0.3, -0.25) is 9.59 Å². The smallest absolute Gasteiger partial charge is 0.341 e. The Morgan fingerprint density at radius 1 is 1.14 bits per heavy atom. The number of carbonyl (C=O) groups excluding carboxylic acids is 3. The van der Waals surface area contributed by atoms with Gasteiger partial charge in [-0.15, -0.1) is 22.7 Å². The van der Waals surface area contributed by atoms with Crippen LogP contribution in [0.3, 0.4) is 0 Å². The Bertz CT molecular complexity index is 1080. The largest absolute Gasteiger partial charge is 0.465 e. The van der Waals surface area contributed by atoms with Crippen molar-refractivity contribution in [3.8, 4) is 0 Å². The molecule has 0 atom stereocenters. The van der Waals surface area contributed by atoms with Crippen LogP contribution < -0.4 is 5.32 Å². The van der Waals surface area contributed by atoms with Crippen LogP contribution in [0.25, 0.3) is 10.1 Å². The summed E-state index contributed by atoms with van der Waals surface area (Å²) in [6.45, 7) is 6.62. The first kappa shape index (κ1) is 21.0. The Hall–Kier alpha value is -2.71. The molecule has 1 N–H and O–H groups in total. The monoisotopic (exact) mass is 430 g/mol. The highest BCUT2D eigenvalue weighted by Gasteiger charge is 2.28. The molecule has 3 aromatic rings. The predicted molar refractivity (Wildman–Crippen MR) is 117 cm³/mol. The Kier molecular flexibility index (Phi) is 6.34. The number of rotatable bonds is 6. The van der Waals surface area contributed by atoms with Crippen molar-refractivity contribution in [2.75, 3.05) is 25.5 Å². The quantitative estimate of drug-likeness (QED) is 0.571. The summed E-state index contributed by atoms with van der Waals surface area (Å²) in [5.74, 6) is -1.07.